The number of halogens is 1. The number of carbonyl (C=O) groups is 2. The number of sulfonamides is 2. The number of anilines is 6. The second kappa shape index (κ2) is 19.7. The average molecular weight is 863 g/mol. The zero-order valence-electron chi connectivity index (χ0n) is 31.7. The number of nitriles is 2. The molecule has 0 aromatic heterocycles. The molecule has 0 bridgehead atoms. The van der Waals surface area contributed by atoms with Crippen LogP contribution in [0.5, 0.6) is 5.75 Å². The molecule has 0 heterocycles. The van der Waals surface area contributed by atoms with Gasteiger partial charge >= 0.3 is 12.1 Å². The molecule has 0 spiro atoms. The number of para-hydroxylation sites is 2. The summed E-state index contributed by atoms with van der Waals surface area (Å²) in [6, 6.07) is 38.9. The van der Waals surface area contributed by atoms with E-state index < -0.39 is 32.1 Å². The van der Waals surface area contributed by atoms with Crippen molar-refractivity contribution in [1.29, 1.82) is 10.5 Å². The van der Waals surface area contributed by atoms with Crippen LogP contribution in [0.3, 0.4) is 0 Å². The standard InChI is InChI=1S/C21H17ClN4O4S.C21H18N4O3S/c1-30-20-16(22)8-5-9-18(20)25-21(27)24-17-11-10-14(13-23)12-19(17)26-31(28,29)15-6-3-2-4-7-15;1-15-7-5-6-10-18(15)23-21(26)24-19-12-11-16(14-22)13-20(19)25-29(27,28)17-8-3-2-4-9-17/h2-12,26H,1H3,(H2,24,25,27);2-13,25H,1H3,(H2,23,24,26). The molecule has 0 aliphatic carbocycles. The predicted octanol–water partition coefficient (Wildman–Crippen LogP) is 8.98. The number of hydrogen-bond donors (Lipinski definition) is 6. The van der Waals surface area contributed by atoms with Crippen LogP contribution in [0.2, 0.25) is 5.02 Å². The van der Waals surface area contributed by atoms with E-state index in [0.29, 0.717) is 16.4 Å². The third kappa shape index (κ3) is 11.5. The minimum absolute atomic E-state index is 0.0381. The molecule has 15 nitrogen and oxygen atoms in total. The van der Waals surface area contributed by atoms with Crippen LogP contribution >= 0.6 is 11.6 Å². The van der Waals surface area contributed by atoms with Crippen molar-refractivity contribution in [3.63, 3.8) is 0 Å². The molecular weight excluding hydrogens is 828 g/mol. The minimum atomic E-state index is -3.94. The third-order valence-corrected chi connectivity index (χ3v) is 11.3. The van der Waals surface area contributed by atoms with E-state index in [1.165, 1.54) is 67.8 Å². The van der Waals surface area contributed by atoms with Crippen LogP contribution in [0.4, 0.5) is 43.7 Å². The number of nitrogens with zero attached hydrogens (tertiary/aromatic N) is 2. The molecular formula is C42H35ClN8O7S2. The van der Waals surface area contributed by atoms with Crippen LogP contribution in [0.1, 0.15) is 16.7 Å². The van der Waals surface area contributed by atoms with Gasteiger partial charge in [0.1, 0.15) is 0 Å². The van der Waals surface area contributed by atoms with Gasteiger partial charge in [-0.25, -0.2) is 26.4 Å². The van der Waals surface area contributed by atoms with Gasteiger partial charge in [-0.1, -0.05) is 72.3 Å². The topological polar surface area (TPSA) is 231 Å². The van der Waals surface area contributed by atoms with E-state index in [0.717, 1.165) is 5.56 Å². The van der Waals surface area contributed by atoms with Crippen LogP contribution in [-0.2, 0) is 20.0 Å². The number of ether oxygens (including phenoxy) is 1. The molecule has 6 aromatic carbocycles. The first-order valence-electron chi connectivity index (χ1n) is 17.5. The molecule has 0 fully saturated rings. The van der Waals surface area contributed by atoms with E-state index in [-0.39, 0.29) is 49.4 Å². The van der Waals surface area contributed by atoms with Gasteiger partial charge in [-0.05, 0) is 91.3 Å². The number of carbonyl (C=O) groups excluding carboxylic acids is 2. The number of rotatable bonds is 11. The lowest BCUT2D eigenvalue weighted by molar-refractivity contribution is 0.261. The van der Waals surface area contributed by atoms with E-state index in [4.69, 9.17) is 21.6 Å². The lowest BCUT2D eigenvalue weighted by Gasteiger charge is -2.16. The van der Waals surface area contributed by atoms with Crippen molar-refractivity contribution in [2.75, 3.05) is 37.8 Å². The van der Waals surface area contributed by atoms with Gasteiger partial charge in [-0.15, -0.1) is 0 Å². The highest BCUT2D eigenvalue weighted by molar-refractivity contribution is 7.93. The van der Waals surface area contributed by atoms with E-state index in [9.17, 15) is 31.7 Å². The second-order valence-electron chi connectivity index (χ2n) is 12.4. The van der Waals surface area contributed by atoms with Gasteiger partial charge in [0, 0.05) is 5.69 Å². The molecule has 0 atom stereocenters. The fourth-order valence-electron chi connectivity index (χ4n) is 5.30. The summed E-state index contributed by atoms with van der Waals surface area (Å²) in [7, 11) is -6.42. The number of methoxy groups -OCH3 is 1. The van der Waals surface area contributed by atoms with Gasteiger partial charge in [-0.3, -0.25) is 9.44 Å². The first kappa shape index (κ1) is 43.6. The summed E-state index contributed by atoms with van der Waals surface area (Å²) in [5.74, 6) is 0.282. The van der Waals surface area contributed by atoms with Crippen LogP contribution in [-0.4, -0.2) is 36.0 Å². The Morgan fingerprint density at radius 3 is 1.40 bits per heavy atom. The molecule has 0 aliphatic heterocycles. The maximum Gasteiger partial charge on any atom is 0.323 e. The molecule has 0 saturated heterocycles. The summed E-state index contributed by atoms with van der Waals surface area (Å²) < 4.78 is 60.7. The van der Waals surface area contributed by atoms with Crippen LogP contribution < -0.4 is 35.4 Å². The lowest BCUT2D eigenvalue weighted by Crippen LogP contribution is -2.22. The fraction of sp³-hybridized carbons (Fsp3) is 0.0476. The Hall–Kier alpha value is -7.57. The highest BCUT2D eigenvalue weighted by atomic mass is 35.5. The molecule has 60 heavy (non-hydrogen) atoms. The summed E-state index contributed by atoms with van der Waals surface area (Å²) >= 11 is 6.06. The molecule has 6 N–H and O–H groups in total. The Balaban J connectivity index is 0.000000228. The molecule has 18 heteroatoms. The predicted molar refractivity (Wildman–Crippen MR) is 231 cm³/mol. The summed E-state index contributed by atoms with van der Waals surface area (Å²) in [5, 5.41) is 29.2. The second-order valence-corrected chi connectivity index (χ2v) is 16.1. The zero-order chi connectivity index (χ0) is 43.3. The van der Waals surface area contributed by atoms with E-state index in [2.05, 4.69) is 30.7 Å². The average Bonchev–Trinajstić information content (AvgIpc) is 3.23. The van der Waals surface area contributed by atoms with Crippen LogP contribution in [0.15, 0.2) is 149 Å². The molecule has 6 rings (SSSR count). The van der Waals surface area contributed by atoms with Crippen LogP contribution in [0, 0.1) is 29.6 Å². The van der Waals surface area contributed by atoms with Gasteiger partial charge in [0.15, 0.2) is 5.75 Å². The molecule has 6 aromatic rings. The van der Waals surface area contributed by atoms with Crippen molar-refractivity contribution in [3.05, 3.63) is 161 Å². The van der Waals surface area contributed by atoms with Gasteiger partial charge in [0.05, 0.1) is 73.6 Å². The Labute approximate surface area is 351 Å². The van der Waals surface area contributed by atoms with Crippen molar-refractivity contribution in [2.24, 2.45) is 0 Å². The Kier molecular flexibility index (Phi) is 14.3. The minimum Gasteiger partial charge on any atom is -0.493 e. The largest absolute Gasteiger partial charge is 0.493 e. The van der Waals surface area contributed by atoms with Gasteiger partial charge < -0.3 is 26.0 Å². The highest BCUT2D eigenvalue weighted by Gasteiger charge is 2.20. The first-order valence-corrected chi connectivity index (χ1v) is 20.9. The number of urea groups is 2. The monoisotopic (exact) mass is 862 g/mol. The molecule has 0 radical (unpaired) electrons. The summed E-state index contributed by atoms with van der Waals surface area (Å²) in [6.45, 7) is 1.86. The number of nitrogens with one attached hydrogen (secondary N) is 6. The summed E-state index contributed by atoms with van der Waals surface area (Å²) in [6.07, 6.45) is 0. The Morgan fingerprint density at radius 1 is 0.533 bits per heavy atom. The highest BCUT2D eigenvalue weighted by Crippen LogP contribution is 2.33. The van der Waals surface area contributed by atoms with Crippen molar-refractivity contribution in [3.8, 4) is 17.9 Å². The Bertz CT molecular complexity index is 2830. The maximum absolute atomic E-state index is 12.7. The first-order chi connectivity index (χ1) is 28.7. The van der Waals surface area contributed by atoms with Crippen LogP contribution in [0.25, 0.3) is 0 Å². The van der Waals surface area contributed by atoms with E-state index in [1.807, 2.05) is 31.2 Å². The Morgan fingerprint density at radius 2 is 0.950 bits per heavy atom. The lowest BCUT2D eigenvalue weighted by atomic mass is 10.2. The summed E-state index contributed by atoms with van der Waals surface area (Å²) in [4.78, 5) is 25.1. The quantitative estimate of drug-likeness (QED) is 0.0729. The number of hydrogen-bond acceptors (Lipinski definition) is 9. The summed E-state index contributed by atoms with van der Waals surface area (Å²) in [5.41, 5.74) is 2.80. The number of amides is 4. The molecule has 0 saturated carbocycles. The van der Waals surface area contributed by atoms with Crippen molar-refractivity contribution in [1.82, 2.24) is 0 Å². The van der Waals surface area contributed by atoms with Gasteiger partial charge in [-0.2, -0.15) is 10.5 Å². The fourth-order valence-corrected chi connectivity index (χ4v) is 7.74. The number of benzene rings is 6. The van der Waals surface area contributed by atoms with E-state index in [1.54, 1.807) is 66.7 Å². The number of aryl methyl sites for hydroxylation is 1. The van der Waals surface area contributed by atoms with E-state index >= 15 is 0 Å². The van der Waals surface area contributed by atoms with Crippen molar-refractivity contribution >= 4 is 77.8 Å². The smallest absolute Gasteiger partial charge is 0.323 e. The molecule has 4 amide bonds. The normalized spacial score (nSPS) is 10.6. The molecule has 304 valence electrons. The molecule has 0 aliphatic rings. The van der Waals surface area contributed by atoms with Crippen molar-refractivity contribution < 1.29 is 31.2 Å². The molecule has 0 unspecified atom stereocenters. The zero-order valence-corrected chi connectivity index (χ0v) is 34.1. The SMILES string of the molecule is COc1c(Cl)cccc1NC(=O)Nc1ccc(C#N)cc1NS(=O)(=O)c1ccccc1.Cc1ccccc1NC(=O)Nc1ccc(C#N)cc1NS(=O)(=O)c1ccccc1. The van der Waals surface area contributed by atoms with Crippen molar-refractivity contribution in [2.45, 2.75) is 16.7 Å². The van der Waals surface area contributed by atoms with Gasteiger partial charge in [0.2, 0.25) is 0 Å². The maximum atomic E-state index is 12.7. The van der Waals surface area contributed by atoms with Gasteiger partial charge in [0.25, 0.3) is 20.0 Å². The third-order valence-electron chi connectivity index (χ3n) is 8.20.